The molecule has 0 aliphatic rings. The molecule has 3 N–H and O–H groups in total. The van der Waals surface area contributed by atoms with E-state index in [0.29, 0.717) is 41.3 Å². The maximum atomic E-state index is 13.2. The zero-order valence-electron chi connectivity index (χ0n) is 14.4. The summed E-state index contributed by atoms with van der Waals surface area (Å²) in [6, 6.07) is 5.71. The lowest BCUT2D eigenvalue weighted by molar-refractivity contribution is -0.120. The number of halogens is 1. The quantitative estimate of drug-likeness (QED) is 0.477. The SMILES string of the molecule is Cc1cc(=O)n2[nH]c(CC(=O)NCCc3nc4ccc(F)cc4[nH]3)nc2n1. The number of nitrogens with one attached hydrogen (secondary N) is 3. The van der Waals surface area contributed by atoms with Crippen LogP contribution in [0.25, 0.3) is 16.8 Å². The van der Waals surface area contributed by atoms with E-state index in [1.807, 2.05) is 0 Å². The maximum absolute atomic E-state index is 13.2. The second-order valence-corrected chi connectivity index (χ2v) is 6.16. The Morgan fingerprint density at radius 3 is 2.93 bits per heavy atom. The molecule has 0 radical (unpaired) electrons. The van der Waals surface area contributed by atoms with Crippen LogP contribution in [-0.2, 0) is 17.6 Å². The van der Waals surface area contributed by atoms with Gasteiger partial charge in [-0.15, -0.1) is 0 Å². The van der Waals surface area contributed by atoms with E-state index < -0.39 is 0 Å². The zero-order valence-corrected chi connectivity index (χ0v) is 14.4. The molecule has 0 fully saturated rings. The highest BCUT2D eigenvalue weighted by molar-refractivity contribution is 5.78. The molecule has 0 aliphatic heterocycles. The van der Waals surface area contributed by atoms with E-state index in [9.17, 15) is 14.0 Å². The Labute approximate surface area is 151 Å². The van der Waals surface area contributed by atoms with Crippen LogP contribution in [0.4, 0.5) is 4.39 Å². The minimum absolute atomic E-state index is 0.00676. The largest absolute Gasteiger partial charge is 0.355 e. The average molecular weight is 369 g/mol. The number of aromatic amines is 2. The molecule has 1 amide bonds. The topological polar surface area (TPSA) is 121 Å². The van der Waals surface area contributed by atoms with E-state index in [4.69, 9.17) is 0 Å². The molecular weight excluding hydrogens is 353 g/mol. The normalized spacial score (nSPS) is 11.3. The Bertz CT molecular complexity index is 1210. The highest BCUT2D eigenvalue weighted by atomic mass is 19.1. The Morgan fingerprint density at radius 1 is 1.22 bits per heavy atom. The van der Waals surface area contributed by atoms with Crippen molar-refractivity contribution in [1.82, 2.24) is 34.9 Å². The number of rotatable bonds is 5. The highest BCUT2D eigenvalue weighted by Gasteiger charge is 2.11. The first-order chi connectivity index (χ1) is 13.0. The predicted molar refractivity (Wildman–Crippen MR) is 94.8 cm³/mol. The molecule has 27 heavy (non-hydrogen) atoms. The number of aromatic nitrogens is 6. The van der Waals surface area contributed by atoms with Gasteiger partial charge < -0.3 is 10.3 Å². The number of H-pyrrole nitrogens is 2. The number of carbonyl (C=O) groups is 1. The lowest BCUT2D eigenvalue weighted by Gasteiger charge is -2.02. The second-order valence-electron chi connectivity index (χ2n) is 6.16. The van der Waals surface area contributed by atoms with Crippen LogP contribution in [0.5, 0.6) is 0 Å². The molecule has 0 aliphatic carbocycles. The summed E-state index contributed by atoms with van der Waals surface area (Å²) in [5, 5.41) is 5.53. The summed E-state index contributed by atoms with van der Waals surface area (Å²) >= 11 is 0. The van der Waals surface area contributed by atoms with E-state index >= 15 is 0 Å². The van der Waals surface area contributed by atoms with Crippen LogP contribution in [0, 0.1) is 12.7 Å². The second kappa shape index (κ2) is 6.63. The fourth-order valence-corrected chi connectivity index (χ4v) is 2.80. The summed E-state index contributed by atoms with van der Waals surface area (Å²) in [6.45, 7) is 2.06. The fraction of sp³-hybridized carbons (Fsp3) is 0.235. The molecular formula is C17H16FN7O2. The molecule has 10 heteroatoms. The smallest absolute Gasteiger partial charge is 0.274 e. The Hall–Kier alpha value is -3.56. The van der Waals surface area contributed by atoms with E-state index in [0.717, 1.165) is 0 Å². The van der Waals surface area contributed by atoms with Gasteiger partial charge in [0.1, 0.15) is 17.5 Å². The van der Waals surface area contributed by atoms with E-state index in [-0.39, 0.29) is 29.5 Å². The van der Waals surface area contributed by atoms with Gasteiger partial charge in [-0.2, -0.15) is 9.50 Å². The van der Waals surface area contributed by atoms with Crippen molar-refractivity contribution in [1.29, 1.82) is 0 Å². The van der Waals surface area contributed by atoms with Crippen molar-refractivity contribution in [2.75, 3.05) is 6.54 Å². The zero-order chi connectivity index (χ0) is 19.0. The number of benzene rings is 1. The van der Waals surface area contributed by atoms with E-state index in [1.165, 1.54) is 22.7 Å². The molecule has 9 nitrogen and oxygen atoms in total. The number of fused-ring (bicyclic) bond motifs is 2. The molecule has 4 aromatic rings. The first-order valence-corrected chi connectivity index (χ1v) is 8.34. The van der Waals surface area contributed by atoms with Crippen molar-refractivity contribution in [2.45, 2.75) is 19.8 Å². The molecule has 0 saturated heterocycles. The van der Waals surface area contributed by atoms with Crippen molar-refractivity contribution in [3.63, 3.8) is 0 Å². The number of aryl methyl sites for hydroxylation is 1. The minimum atomic E-state index is -0.333. The first-order valence-electron chi connectivity index (χ1n) is 8.34. The van der Waals surface area contributed by atoms with Crippen LogP contribution in [0.2, 0.25) is 0 Å². The van der Waals surface area contributed by atoms with Crippen LogP contribution in [-0.4, -0.2) is 42.0 Å². The molecule has 3 heterocycles. The molecule has 0 atom stereocenters. The number of hydrogen-bond acceptors (Lipinski definition) is 5. The minimum Gasteiger partial charge on any atom is -0.355 e. The Morgan fingerprint density at radius 2 is 2.07 bits per heavy atom. The molecule has 0 unspecified atom stereocenters. The van der Waals surface area contributed by atoms with Crippen molar-refractivity contribution < 1.29 is 9.18 Å². The van der Waals surface area contributed by atoms with Gasteiger partial charge in [-0.05, 0) is 25.1 Å². The van der Waals surface area contributed by atoms with Crippen LogP contribution < -0.4 is 10.9 Å². The number of amides is 1. The van der Waals surface area contributed by atoms with Crippen LogP contribution >= 0.6 is 0 Å². The molecule has 138 valence electrons. The van der Waals surface area contributed by atoms with Crippen molar-refractivity contribution in [3.8, 4) is 0 Å². The summed E-state index contributed by atoms with van der Waals surface area (Å²) in [5.41, 5.74) is 1.58. The van der Waals surface area contributed by atoms with Gasteiger partial charge in [-0.25, -0.2) is 14.4 Å². The third kappa shape index (κ3) is 3.54. The molecule has 0 saturated carbocycles. The summed E-state index contributed by atoms with van der Waals surface area (Å²) in [4.78, 5) is 39.6. The molecule has 4 rings (SSSR count). The molecule has 0 bridgehead atoms. The standard InChI is InChI=1S/C17H16FN7O2/c1-9-6-16(27)25-17(20-9)23-14(24-25)8-15(26)19-5-4-13-21-11-3-2-10(18)7-12(11)22-13/h2-3,6-7H,4-5,8H2,1H3,(H,19,26)(H,21,22)(H,20,23,24). The van der Waals surface area contributed by atoms with Crippen LogP contribution in [0.15, 0.2) is 29.1 Å². The van der Waals surface area contributed by atoms with E-state index in [2.05, 4.69) is 30.4 Å². The lowest BCUT2D eigenvalue weighted by Crippen LogP contribution is -2.28. The third-order valence-electron chi connectivity index (χ3n) is 4.01. The van der Waals surface area contributed by atoms with E-state index in [1.54, 1.807) is 13.0 Å². The molecule has 1 aromatic carbocycles. The number of carbonyl (C=O) groups excluding carboxylic acids is 1. The van der Waals surface area contributed by atoms with Crippen LogP contribution in [0.3, 0.4) is 0 Å². The van der Waals surface area contributed by atoms with Gasteiger partial charge in [0.15, 0.2) is 0 Å². The van der Waals surface area contributed by atoms with Gasteiger partial charge in [0.25, 0.3) is 11.3 Å². The number of hydrogen-bond donors (Lipinski definition) is 3. The maximum Gasteiger partial charge on any atom is 0.274 e. The van der Waals surface area contributed by atoms with Gasteiger partial charge in [0.05, 0.1) is 17.5 Å². The number of nitrogens with zero attached hydrogens (tertiary/aromatic N) is 4. The highest BCUT2D eigenvalue weighted by Crippen LogP contribution is 2.12. The van der Waals surface area contributed by atoms with Gasteiger partial charge in [-0.3, -0.25) is 14.7 Å². The van der Waals surface area contributed by atoms with Crippen molar-refractivity contribution >= 4 is 22.7 Å². The summed E-state index contributed by atoms with van der Waals surface area (Å²) in [7, 11) is 0. The van der Waals surface area contributed by atoms with Crippen molar-refractivity contribution in [3.05, 3.63) is 57.8 Å². The average Bonchev–Trinajstić information content (AvgIpc) is 3.17. The van der Waals surface area contributed by atoms with Gasteiger partial charge >= 0.3 is 0 Å². The fourth-order valence-electron chi connectivity index (χ4n) is 2.80. The van der Waals surface area contributed by atoms with Gasteiger partial charge in [0, 0.05) is 24.7 Å². The summed E-state index contributed by atoms with van der Waals surface area (Å²) < 4.78 is 14.4. The molecule has 0 spiro atoms. The van der Waals surface area contributed by atoms with Crippen molar-refractivity contribution in [2.24, 2.45) is 0 Å². The Balaban J connectivity index is 1.36. The molecule has 3 aromatic heterocycles. The van der Waals surface area contributed by atoms with Crippen LogP contribution in [0.1, 0.15) is 17.3 Å². The number of imidazole rings is 1. The summed E-state index contributed by atoms with van der Waals surface area (Å²) in [5.74, 6) is 0.659. The Kier molecular flexibility index (Phi) is 4.15. The first kappa shape index (κ1) is 16.9. The van der Waals surface area contributed by atoms with Gasteiger partial charge in [0.2, 0.25) is 5.91 Å². The summed E-state index contributed by atoms with van der Waals surface area (Å²) in [6.07, 6.45) is 0.468. The predicted octanol–water partition coefficient (Wildman–Crippen LogP) is 0.643. The third-order valence-corrected chi connectivity index (χ3v) is 4.01. The lowest BCUT2D eigenvalue weighted by atomic mass is 10.3. The van der Waals surface area contributed by atoms with Gasteiger partial charge in [-0.1, -0.05) is 0 Å². The monoisotopic (exact) mass is 369 g/mol.